The maximum atomic E-state index is 12.0. The second-order valence-corrected chi connectivity index (χ2v) is 2.92. The molecule has 1 aromatic rings. The zero-order valence-corrected chi connectivity index (χ0v) is 8.15. The van der Waals surface area contributed by atoms with Gasteiger partial charge in [-0.05, 0) is 11.6 Å². The Kier molecular flexibility index (Phi) is 3.52. The zero-order valence-electron chi connectivity index (χ0n) is 8.15. The van der Waals surface area contributed by atoms with Crippen molar-refractivity contribution in [1.82, 2.24) is 4.98 Å². The van der Waals surface area contributed by atoms with E-state index in [9.17, 15) is 18.0 Å². The summed E-state index contributed by atoms with van der Waals surface area (Å²) >= 11 is 0. The van der Waals surface area contributed by atoms with Crippen LogP contribution in [-0.4, -0.2) is 22.4 Å². The highest BCUT2D eigenvalue weighted by molar-refractivity contribution is 5.70. The maximum Gasteiger partial charge on any atom is 0.573 e. The van der Waals surface area contributed by atoms with Crippen molar-refractivity contribution in [3.8, 4) is 11.8 Å². The summed E-state index contributed by atoms with van der Waals surface area (Å²) in [5.74, 6) is -2.03. The van der Waals surface area contributed by atoms with Crippen molar-refractivity contribution >= 4 is 5.97 Å². The van der Waals surface area contributed by atoms with Crippen LogP contribution in [0.3, 0.4) is 0 Å². The summed E-state index contributed by atoms with van der Waals surface area (Å²) in [6.07, 6.45) is -4.46. The minimum Gasteiger partial charge on any atom is -0.481 e. The van der Waals surface area contributed by atoms with Crippen LogP contribution in [0.1, 0.15) is 11.3 Å². The van der Waals surface area contributed by atoms with Crippen molar-refractivity contribution in [3.05, 3.63) is 23.5 Å². The molecule has 1 rings (SSSR count). The highest BCUT2D eigenvalue weighted by Crippen LogP contribution is 2.25. The second kappa shape index (κ2) is 4.69. The number of hydrogen-bond donors (Lipinski definition) is 1. The number of hydrogen-bond acceptors (Lipinski definition) is 4. The molecule has 0 saturated carbocycles. The fourth-order valence-electron chi connectivity index (χ4n) is 1.04. The highest BCUT2D eigenvalue weighted by atomic mass is 19.4. The Labute approximate surface area is 93.1 Å². The summed E-state index contributed by atoms with van der Waals surface area (Å²) < 4.78 is 39.5. The van der Waals surface area contributed by atoms with E-state index >= 15 is 0 Å². The van der Waals surface area contributed by atoms with E-state index in [2.05, 4.69) is 9.72 Å². The molecular formula is C9H5F3N2O3. The molecule has 0 aliphatic rings. The molecule has 0 radical (unpaired) electrons. The Balaban J connectivity index is 3.07. The lowest BCUT2D eigenvalue weighted by Gasteiger charge is -2.10. The van der Waals surface area contributed by atoms with Crippen LogP contribution in [0.15, 0.2) is 12.3 Å². The van der Waals surface area contributed by atoms with Crippen LogP contribution in [0.2, 0.25) is 0 Å². The number of carbonyl (C=O) groups is 1. The molecule has 0 bridgehead atoms. The van der Waals surface area contributed by atoms with Gasteiger partial charge in [0.15, 0.2) is 11.4 Å². The molecule has 1 aromatic heterocycles. The summed E-state index contributed by atoms with van der Waals surface area (Å²) in [5.41, 5.74) is -0.549. The molecule has 1 heterocycles. The number of ether oxygens (including phenoxy) is 1. The molecule has 0 unspecified atom stereocenters. The summed E-state index contributed by atoms with van der Waals surface area (Å²) in [6, 6.07) is 2.24. The van der Waals surface area contributed by atoms with Crippen LogP contribution < -0.4 is 4.74 Å². The van der Waals surface area contributed by atoms with Gasteiger partial charge in [-0.3, -0.25) is 4.79 Å². The van der Waals surface area contributed by atoms with Crippen LogP contribution in [0.25, 0.3) is 0 Å². The van der Waals surface area contributed by atoms with E-state index in [1.807, 2.05) is 0 Å². The van der Waals surface area contributed by atoms with E-state index in [-0.39, 0.29) is 5.56 Å². The van der Waals surface area contributed by atoms with Crippen LogP contribution in [0.5, 0.6) is 5.75 Å². The Morgan fingerprint density at radius 3 is 2.71 bits per heavy atom. The summed E-state index contributed by atoms with van der Waals surface area (Å²) in [7, 11) is 0. The fourth-order valence-corrected chi connectivity index (χ4v) is 1.04. The van der Waals surface area contributed by atoms with Crippen molar-refractivity contribution in [2.24, 2.45) is 0 Å². The van der Waals surface area contributed by atoms with Gasteiger partial charge in [0.05, 0.1) is 6.42 Å². The first kappa shape index (κ1) is 12.8. The van der Waals surface area contributed by atoms with Gasteiger partial charge in [0.2, 0.25) is 0 Å². The third-order valence-electron chi connectivity index (χ3n) is 1.60. The van der Waals surface area contributed by atoms with Crippen molar-refractivity contribution in [2.45, 2.75) is 12.8 Å². The molecule has 8 heteroatoms. The highest BCUT2D eigenvalue weighted by Gasteiger charge is 2.32. The average molecular weight is 246 g/mol. The Hall–Kier alpha value is -2.30. The van der Waals surface area contributed by atoms with Crippen molar-refractivity contribution in [1.29, 1.82) is 5.26 Å². The predicted octanol–water partition coefficient (Wildman–Crippen LogP) is 1.48. The number of alkyl halides is 3. The minimum absolute atomic E-state index is 0.00995. The quantitative estimate of drug-likeness (QED) is 0.873. The van der Waals surface area contributed by atoms with E-state index in [0.717, 1.165) is 12.3 Å². The summed E-state index contributed by atoms with van der Waals surface area (Å²) in [6.45, 7) is 0. The molecule has 90 valence electrons. The standard InChI is InChI=1S/C9H5F3N2O3/c10-9(11,12)17-7-1-5(2-8(15)16)4-14-6(7)3-13/h1,4H,2H2,(H,15,16). The molecular weight excluding hydrogens is 241 g/mol. The van der Waals surface area contributed by atoms with Gasteiger partial charge >= 0.3 is 12.3 Å². The number of rotatable bonds is 3. The first-order valence-corrected chi connectivity index (χ1v) is 4.18. The monoisotopic (exact) mass is 246 g/mol. The van der Waals surface area contributed by atoms with Crippen LogP contribution in [0.4, 0.5) is 13.2 Å². The third-order valence-corrected chi connectivity index (χ3v) is 1.60. The van der Waals surface area contributed by atoms with Gasteiger partial charge in [-0.1, -0.05) is 0 Å². The van der Waals surface area contributed by atoms with Gasteiger partial charge in [-0.2, -0.15) is 5.26 Å². The topological polar surface area (TPSA) is 83.2 Å². The number of nitriles is 1. The SMILES string of the molecule is N#Cc1ncc(CC(=O)O)cc1OC(F)(F)F. The Morgan fingerprint density at radius 1 is 1.59 bits per heavy atom. The summed E-state index contributed by atoms with van der Waals surface area (Å²) in [5, 5.41) is 17.0. The number of nitrogens with zero attached hydrogens (tertiary/aromatic N) is 2. The zero-order chi connectivity index (χ0) is 13.1. The number of pyridine rings is 1. The molecule has 0 atom stereocenters. The second-order valence-electron chi connectivity index (χ2n) is 2.92. The van der Waals surface area contributed by atoms with E-state index in [4.69, 9.17) is 10.4 Å². The first-order valence-electron chi connectivity index (χ1n) is 4.18. The number of carboxylic acids is 1. The van der Waals surface area contributed by atoms with Crippen molar-refractivity contribution in [3.63, 3.8) is 0 Å². The predicted molar refractivity (Wildman–Crippen MR) is 47.0 cm³/mol. The molecule has 0 saturated heterocycles. The van der Waals surface area contributed by atoms with Gasteiger partial charge in [0.25, 0.3) is 0 Å². The van der Waals surface area contributed by atoms with Crippen molar-refractivity contribution in [2.75, 3.05) is 0 Å². The van der Waals surface area contributed by atoms with Gasteiger partial charge in [-0.25, -0.2) is 4.98 Å². The average Bonchev–Trinajstić information content (AvgIpc) is 2.14. The van der Waals surface area contributed by atoms with E-state index in [0.29, 0.717) is 0 Å². The molecule has 0 aliphatic heterocycles. The first-order chi connectivity index (χ1) is 7.81. The summed E-state index contributed by atoms with van der Waals surface area (Å²) in [4.78, 5) is 13.7. The minimum atomic E-state index is -4.96. The molecule has 5 nitrogen and oxygen atoms in total. The largest absolute Gasteiger partial charge is 0.573 e. The maximum absolute atomic E-state index is 12.0. The van der Waals surface area contributed by atoms with Gasteiger partial charge in [0, 0.05) is 6.20 Å². The molecule has 1 N–H and O–H groups in total. The lowest BCUT2D eigenvalue weighted by Crippen LogP contribution is -2.18. The van der Waals surface area contributed by atoms with Gasteiger partial charge in [-0.15, -0.1) is 13.2 Å². The Bertz CT molecular complexity index is 479. The van der Waals surface area contributed by atoms with Crippen LogP contribution >= 0.6 is 0 Å². The smallest absolute Gasteiger partial charge is 0.481 e. The fraction of sp³-hybridized carbons (Fsp3) is 0.222. The van der Waals surface area contributed by atoms with Crippen LogP contribution in [0, 0.1) is 11.3 Å². The molecule has 0 aliphatic carbocycles. The third kappa shape index (κ3) is 3.98. The molecule has 0 fully saturated rings. The number of carboxylic acid groups (broad SMARTS) is 1. The van der Waals surface area contributed by atoms with Crippen molar-refractivity contribution < 1.29 is 27.8 Å². The van der Waals surface area contributed by atoms with E-state index in [1.54, 1.807) is 0 Å². The Morgan fingerprint density at radius 2 is 2.24 bits per heavy atom. The molecule has 0 spiro atoms. The number of halogens is 3. The normalized spacial score (nSPS) is 10.7. The van der Waals surface area contributed by atoms with Crippen LogP contribution in [-0.2, 0) is 11.2 Å². The van der Waals surface area contributed by atoms with Gasteiger partial charge in [0.1, 0.15) is 6.07 Å². The molecule has 17 heavy (non-hydrogen) atoms. The van der Waals surface area contributed by atoms with E-state index < -0.39 is 30.2 Å². The molecule has 0 amide bonds. The number of aliphatic carboxylic acids is 1. The van der Waals surface area contributed by atoms with E-state index in [1.165, 1.54) is 6.07 Å². The lowest BCUT2D eigenvalue weighted by atomic mass is 10.2. The number of aromatic nitrogens is 1. The van der Waals surface area contributed by atoms with Gasteiger partial charge < -0.3 is 9.84 Å². The lowest BCUT2D eigenvalue weighted by molar-refractivity contribution is -0.274. The molecule has 0 aromatic carbocycles.